The van der Waals surface area contributed by atoms with Crippen LogP contribution in [0, 0.1) is 6.92 Å². The molecule has 4 amide bonds. The molecular weight excluding hydrogens is 382 g/mol. The third-order valence-electron chi connectivity index (χ3n) is 5.73. The summed E-state index contributed by atoms with van der Waals surface area (Å²) in [7, 11) is 0. The van der Waals surface area contributed by atoms with E-state index >= 15 is 0 Å². The lowest BCUT2D eigenvalue weighted by Gasteiger charge is -2.31. The highest BCUT2D eigenvalue weighted by atomic mass is 16.2. The van der Waals surface area contributed by atoms with Gasteiger partial charge in [-0.05, 0) is 46.8 Å². The Labute approximate surface area is 178 Å². The molecule has 0 aromatic heterocycles. The van der Waals surface area contributed by atoms with Crippen molar-refractivity contribution in [2.75, 3.05) is 44.3 Å². The molecule has 30 heavy (non-hydrogen) atoms. The fraction of sp³-hybridized carbons (Fsp3) is 0.591. The topological polar surface area (TPSA) is 78.6 Å². The predicted molar refractivity (Wildman–Crippen MR) is 114 cm³/mol. The molecule has 8 nitrogen and oxygen atoms in total. The number of urea groups is 1. The lowest BCUT2D eigenvalue weighted by Crippen LogP contribution is -3.29. The van der Waals surface area contributed by atoms with Gasteiger partial charge in [0, 0.05) is 11.2 Å². The highest BCUT2D eigenvalue weighted by Gasteiger charge is 2.45. The number of carbonyl (C=O) groups excluding carboxylic acids is 3. The van der Waals surface area contributed by atoms with Gasteiger partial charge in [-0.25, -0.2) is 9.69 Å². The van der Waals surface area contributed by atoms with Crippen LogP contribution >= 0.6 is 0 Å². The van der Waals surface area contributed by atoms with Crippen molar-refractivity contribution in [2.45, 2.75) is 46.2 Å². The highest BCUT2D eigenvalue weighted by Crippen LogP contribution is 2.25. The molecule has 3 rings (SSSR count). The number of hydrogen-bond donors (Lipinski definition) is 3. The molecule has 1 aromatic carbocycles. The summed E-state index contributed by atoms with van der Waals surface area (Å²) in [6.45, 7) is 13.9. The first-order valence-corrected chi connectivity index (χ1v) is 10.7. The van der Waals surface area contributed by atoms with Gasteiger partial charge in [0.15, 0.2) is 13.2 Å². The van der Waals surface area contributed by atoms with Crippen LogP contribution in [0.4, 0.5) is 10.5 Å². The van der Waals surface area contributed by atoms with Crippen molar-refractivity contribution in [2.24, 2.45) is 0 Å². The number of amides is 4. The molecular formula is C22H35N5O3+2. The molecule has 2 aliphatic heterocycles. The van der Waals surface area contributed by atoms with Crippen LogP contribution < -0.4 is 20.0 Å². The smallest absolute Gasteiger partial charge is 0.336 e. The van der Waals surface area contributed by atoms with E-state index in [9.17, 15) is 14.4 Å². The van der Waals surface area contributed by atoms with Crippen molar-refractivity contribution < 1.29 is 24.2 Å². The van der Waals surface area contributed by atoms with E-state index in [0.717, 1.165) is 37.4 Å². The lowest BCUT2D eigenvalue weighted by molar-refractivity contribution is -1.01. The second-order valence-electron chi connectivity index (χ2n) is 9.56. The molecule has 1 atom stereocenters. The number of nitrogens with one attached hydrogen (secondary N) is 3. The summed E-state index contributed by atoms with van der Waals surface area (Å²) in [6, 6.07) is 6.93. The van der Waals surface area contributed by atoms with Crippen LogP contribution in [0.2, 0.25) is 0 Å². The number of rotatable bonds is 5. The molecule has 2 fully saturated rings. The number of anilines is 1. The average molecular weight is 418 g/mol. The minimum absolute atomic E-state index is 0.0633. The van der Waals surface area contributed by atoms with E-state index in [1.807, 2.05) is 52.0 Å². The maximum absolute atomic E-state index is 13.0. The summed E-state index contributed by atoms with van der Waals surface area (Å²) in [4.78, 5) is 43.3. The zero-order valence-electron chi connectivity index (χ0n) is 18.7. The number of nitrogens with zero attached hydrogens (tertiary/aromatic N) is 2. The van der Waals surface area contributed by atoms with Crippen molar-refractivity contribution in [3.05, 3.63) is 29.8 Å². The van der Waals surface area contributed by atoms with E-state index < -0.39 is 6.04 Å². The van der Waals surface area contributed by atoms with E-state index in [4.69, 9.17) is 0 Å². The Morgan fingerprint density at radius 1 is 1.07 bits per heavy atom. The lowest BCUT2D eigenvalue weighted by atomic mass is 10.1. The van der Waals surface area contributed by atoms with Gasteiger partial charge in [-0.2, -0.15) is 0 Å². The molecule has 3 N–H and O–H groups in total. The maximum Gasteiger partial charge on any atom is 0.336 e. The Balaban J connectivity index is 1.54. The third-order valence-corrected chi connectivity index (χ3v) is 5.73. The fourth-order valence-electron chi connectivity index (χ4n) is 4.12. The molecule has 164 valence electrons. The van der Waals surface area contributed by atoms with Crippen LogP contribution in [0.5, 0.6) is 0 Å². The van der Waals surface area contributed by atoms with E-state index in [1.165, 1.54) is 14.7 Å². The molecule has 2 aliphatic rings. The second kappa shape index (κ2) is 8.73. The van der Waals surface area contributed by atoms with Gasteiger partial charge in [0.1, 0.15) is 32.2 Å². The molecule has 1 aromatic rings. The standard InChI is InChI=1S/C22H33N5O3/c1-16-6-8-18(9-7-16)27-17(2)20(29)26(21(27)30)15-25-12-10-24(11-13-25)14-19(28)23-22(3,4)5/h6-9,17H,10-15H2,1-5H3,(H,23,28)/p+2/t17-/m0/s1. The first-order chi connectivity index (χ1) is 14.0. The molecule has 0 spiro atoms. The maximum atomic E-state index is 13.0. The van der Waals surface area contributed by atoms with Crippen molar-refractivity contribution >= 4 is 23.5 Å². The van der Waals surface area contributed by atoms with Gasteiger partial charge in [0.2, 0.25) is 0 Å². The van der Waals surface area contributed by atoms with Crippen LogP contribution in [0.15, 0.2) is 24.3 Å². The number of benzene rings is 1. The summed E-state index contributed by atoms with van der Waals surface area (Å²) in [5, 5.41) is 3.01. The van der Waals surface area contributed by atoms with Crippen molar-refractivity contribution in [1.29, 1.82) is 0 Å². The van der Waals surface area contributed by atoms with Crippen molar-refractivity contribution in [1.82, 2.24) is 10.2 Å². The van der Waals surface area contributed by atoms with Crippen LogP contribution in [0.25, 0.3) is 0 Å². The molecule has 8 heteroatoms. The first-order valence-electron chi connectivity index (χ1n) is 10.7. The number of quaternary nitrogens is 2. The fourth-order valence-corrected chi connectivity index (χ4v) is 4.12. The predicted octanol–water partition coefficient (Wildman–Crippen LogP) is -1.19. The molecule has 0 aliphatic carbocycles. The van der Waals surface area contributed by atoms with Crippen molar-refractivity contribution in [3.8, 4) is 0 Å². The summed E-state index contributed by atoms with van der Waals surface area (Å²) < 4.78 is 0. The summed E-state index contributed by atoms with van der Waals surface area (Å²) >= 11 is 0. The van der Waals surface area contributed by atoms with Gasteiger partial charge < -0.3 is 15.1 Å². The number of imide groups is 1. The van der Waals surface area contributed by atoms with Gasteiger partial charge in [0.25, 0.3) is 11.8 Å². The van der Waals surface area contributed by atoms with Gasteiger partial charge in [-0.1, -0.05) is 17.7 Å². The van der Waals surface area contributed by atoms with E-state index in [-0.39, 0.29) is 23.4 Å². The van der Waals surface area contributed by atoms with Crippen LogP contribution in [-0.2, 0) is 9.59 Å². The molecule has 0 saturated carbocycles. The Morgan fingerprint density at radius 3 is 2.20 bits per heavy atom. The van der Waals surface area contributed by atoms with Crippen LogP contribution in [-0.4, -0.2) is 73.7 Å². The Hall–Kier alpha value is -2.45. The first kappa shape index (κ1) is 22.2. The average Bonchev–Trinajstić information content (AvgIpc) is 2.86. The zero-order chi connectivity index (χ0) is 22.1. The van der Waals surface area contributed by atoms with Gasteiger partial charge in [-0.15, -0.1) is 0 Å². The number of hydrogen-bond acceptors (Lipinski definition) is 3. The highest BCUT2D eigenvalue weighted by molar-refractivity contribution is 6.13. The number of aryl methyl sites for hydroxylation is 1. The molecule has 0 unspecified atom stereocenters. The van der Waals surface area contributed by atoms with Gasteiger partial charge >= 0.3 is 6.03 Å². The molecule has 0 radical (unpaired) electrons. The molecule has 2 saturated heterocycles. The Kier molecular flexibility index (Phi) is 6.47. The minimum Gasteiger partial charge on any atom is -0.347 e. The van der Waals surface area contributed by atoms with Gasteiger partial charge in [0.05, 0.1) is 0 Å². The van der Waals surface area contributed by atoms with E-state index in [1.54, 1.807) is 11.8 Å². The quantitative estimate of drug-likeness (QED) is 0.527. The Morgan fingerprint density at radius 2 is 1.63 bits per heavy atom. The SMILES string of the molecule is Cc1ccc(N2C(=O)N(C[NH+]3CC[NH+](CC(=O)NC(C)(C)C)CC3)C(=O)[C@@H]2C)cc1. The van der Waals surface area contributed by atoms with Crippen LogP contribution in [0.3, 0.4) is 0 Å². The minimum atomic E-state index is -0.493. The van der Waals surface area contributed by atoms with E-state index in [0.29, 0.717) is 13.2 Å². The number of carbonyl (C=O) groups is 3. The van der Waals surface area contributed by atoms with Crippen molar-refractivity contribution in [3.63, 3.8) is 0 Å². The monoisotopic (exact) mass is 417 g/mol. The Bertz CT molecular complexity index is 794. The summed E-state index contributed by atoms with van der Waals surface area (Å²) in [6.07, 6.45) is 0. The zero-order valence-corrected chi connectivity index (χ0v) is 18.7. The van der Waals surface area contributed by atoms with Crippen LogP contribution in [0.1, 0.15) is 33.3 Å². The molecule has 2 heterocycles. The third kappa shape index (κ3) is 5.17. The van der Waals surface area contributed by atoms with E-state index in [2.05, 4.69) is 5.32 Å². The normalized spacial score (nSPS) is 25.0. The largest absolute Gasteiger partial charge is 0.347 e. The molecule has 0 bridgehead atoms. The second-order valence-corrected chi connectivity index (χ2v) is 9.56. The number of piperazine rings is 1. The van der Waals surface area contributed by atoms with Gasteiger partial charge in [-0.3, -0.25) is 14.5 Å². The summed E-state index contributed by atoms with van der Waals surface area (Å²) in [5.41, 5.74) is 1.64. The summed E-state index contributed by atoms with van der Waals surface area (Å²) in [5.74, 6) is -0.0826.